The summed E-state index contributed by atoms with van der Waals surface area (Å²) in [7, 11) is 0. The van der Waals surface area contributed by atoms with Crippen LogP contribution in [0.5, 0.6) is 0 Å². The lowest BCUT2D eigenvalue weighted by Crippen LogP contribution is -2.36. The quantitative estimate of drug-likeness (QED) is 0.746. The third-order valence-corrected chi connectivity index (χ3v) is 5.42. The maximum Gasteiger partial charge on any atom is 0.416 e. The number of likely N-dealkylation sites (tertiary alicyclic amines) is 1. The van der Waals surface area contributed by atoms with Gasteiger partial charge in [0, 0.05) is 6.54 Å². The average molecular weight is 376 g/mol. The molecule has 0 bridgehead atoms. The Hall–Kier alpha value is -1.85. The number of halogens is 3. The van der Waals surface area contributed by atoms with Crippen molar-refractivity contribution in [1.29, 1.82) is 0 Å². The molecule has 0 amide bonds. The van der Waals surface area contributed by atoms with Gasteiger partial charge < -0.3 is 10.2 Å². The Morgan fingerprint density at radius 2 is 1.48 bits per heavy atom. The molecule has 0 aromatic heterocycles. The second kappa shape index (κ2) is 8.89. The summed E-state index contributed by atoms with van der Waals surface area (Å²) in [5.41, 5.74) is 2.30. The molecule has 2 aromatic rings. The fraction of sp³-hybridized carbons (Fsp3) is 0.455. The molecule has 0 atom stereocenters. The van der Waals surface area contributed by atoms with E-state index in [0.717, 1.165) is 48.8 Å². The summed E-state index contributed by atoms with van der Waals surface area (Å²) in [6.07, 6.45) is -1.78. The molecule has 0 saturated carbocycles. The molecule has 0 spiro atoms. The van der Waals surface area contributed by atoms with Crippen LogP contribution in [0, 0.1) is 5.92 Å². The number of rotatable bonds is 6. The van der Waals surface area contributed by atoms with E-state index in [1.807, 2.05) is 24.3 Å². The van der Waals surface area contributed by atoms with Gasteiger partial charge in [0.15, 0.2) is 0 Å². The van der Waals surface area contributed by atoms with Crippen molar-refractivity contribution in [3.05, 3.63) is 59.7 Å². The first-order valence-electron chi connectivity index (χ1n) is 9.65. The topological polar surface area (TPSA) is 15.3 Å². The maximum absolute atomic E-state index is 12.7. The molecule has 1 fully saturated rings. The van der Waals surface area contributed by atoms with Crippen molar-refractivity contribution in [1.82, 2.24) is 10.2 Å². The van der Waals surface area contributed by atoms with Gasteiger partial charge in [0.05, 0.1) is 5.56 Å². The summed E-state index contributed by atoms with van der Waals surface area (Å²) in [5, 5.41) is 3.54. The monoisotopic (exact) mass is 376 g/mol. The molecule has 1 N–H and O–H groups in total. The van der Waals surface area contributed by atoms with E-state index in [0.29, 0.717) is 0 Å². The highest BCUT2D eigenvalue weighted by molar-refractivity contribution is 5.64. The number of hydrogen-bond acceptors (Lipinski definition) is 2. The zero-order valence-electron chi connectivity index (χ0n) is 15.7. The van der Waals surface area contributed by atoms with Crippen LogP contribution >= 0.6 is 0 Å². The largest absolute Gasteiger partial charge is 0.416 e. The number of piperidine rings is 1. The fourth-order valence-corrected chi connectivity index (χ4v) is 3.59. The summed E-state index contributed by atoms with van der Waals surface area (Å²) in [6, 6.07) is 13.3. The van der Waals surface area contributed by atoms with Gasteiger partial charge in [0.25, 0.3) is 0 Å². The van der Waals surface area contributed by atoms with Crippen LogP contribution in [-0.4, -0.2) is 31.1 Å². The lowest BCUT2D eigenvalue weighted by atomic mass is 9.96. The number of hydrogen-bond donors (Lipinski definition) is 1. The van der Waals surface area contributed by atoms with Crippen molar-refractivity contribution in [2.24, 2.45) is 5.92 Å². The third-order valence-electron chi connectivity index (χ3n) is 5.42. The van der Waals surface area contributed by atoms with Crippen molar-refractivity contribution in [2.45, 2.75) is 32.5 Å². The Balaban J connectivity index is 1.49. The minimum atomic E-state index is -4.29. The van der Waals surface area contributed by atoms with Crippen LogP contribution < -0.4 is 5.32 Å². The Bertz CT molecular complexity index is 700. The highest BCUT2D eigenvalue weighted by atomic mass is 19.4. The van der Waals surface area contributed by atoms with Crippen molar-refractivity contribution in [3.63, 3.8) is 0 Å². The van der Waals surface area contributed by atoms with E-state index in [-0.39, 0.29) is 0 Å². The number of alkyl halides is 3. The van der Waals surface area contributed by atoms with Gasteiger partial charge in [-0.25, -0.2) is 0 Å². The molecular weight excluding hydrogens is 349 g/mol. The molecule has 3 rings (SSSR count). The lowest BCUT2D eigenvalue weighted by molar-refractivity contribution is -0.137. The third kappa shape index (κ3) is 5.56. The second-order valence-corrected chi connectivity index (χ2v) is 7.28. The first-order valence-corrected chi connectivity index (χ1v) is 9.65. The highest BCUT2D eigenvalue weighted by Crippen LogP contribution is 2.31. The first-order chi connectivity index (χ1) is 13.0. The van der Waals surface area contributed by atoms with Crippen LogP contribution in [0.2, 0.25) is 0 Å². The summed E-state index contributed by atoms with van der Waals surface area (Å²) in [5.74, 6) is 0.749. The van der Waals surface area contributed by atoms with Crippen LogP contribution in [0.1, 0.15) is 30.9 Å². The molecule has 0 unspecified atom stereocenters. The molecule has 1 heterocycles. The predicted octanol–water partition coefficient (Wildman–Crippen LogP) is 5.19. The first kappa shape index (κ1) is 19.9. The maximum atomic E-state index is 12.7. The SMILES string of the molecule is CCN1CCC(CNCc2ccc(-c3ccc(C(F)(F)F)cc3)cc2)CC1. The van der Waals surface area contributed by atoms with E-state index in [9.17, 15) is 13.2 Å². The summed E-state index contributed by atoms with van der Waals surface area (Å²) >= 11 is 0. The Morgan fingerprint density at radius 1 is 0.926 bits per heavy atom. The molecule has 0 radical (unpaired) electrons. The van der Waals surface area contributed by atoms with Crippen molar-refractivity contribution < 1.29 is 13.2 Å². The molecule has 2 aromatic carbocycles. The van der Waals surface area contributed by atoms with Gasteiger partial charge in [-0.05, 0) is 73.8 Å². The molecule has 1 aliphatic rings. The Kier molecular flexibility index (Phi) is 6.55. The summed E-state index contributed by atoms with van der Waals surface area (Å²) in [4.78, 5) is 2.50. The smallest absolute Gasteiger partial charge is 0.312 e. The van der Waals surface area contributed by atoms with Gasteiger partial charge in [-0.1, -0.05) is 43.3 Å². The zero-order chi connectivity index (χ0) is 19.3. The van der Waals surface area contributed by atoms with Crippen molar-refractivity contribution in [2.75, 3.05) is 26.2 Å². The molecule has 1 aliphatic heterocycles. The highest BCUT2D eigenvalue weighted by Gasteiger charge is 2.29. The van der Waals surface area contributed by atoms with Gasteiger partial charge in [0.1, 0.15) is 0 Å². The Labute approximate surface area is 159 Å². The van der Waals surface area contributed by atoms with Gasteiger partial charge in [-0.15, -0.1) is 0 Å². The number of benzene rings is 2. The molecule has 0 aliphatic carbocycles. The van der Waals surface area contributed by atoms with Crippen LogP contribution in [0.25, 0.3) is 11.1 Å². The van der Waals surface area contributed by atoms with E-state index in [1.54, 1.807) is 0 Å². The van der Waals surface area contributed by atoms with E-state index in [2.05, 4.69) is 17.1 Å². The predicted molar refractivity (Wildman–Crippen MR) is 103 cm³/mol. The average Bonchev–Trinajstić information content (AvgIpc) is 2.68. The van der Waals surface area contributed by atoms with Crippen molar-refractivity contribution in [3.8, 4) is 11.1 Å². The van der Waals surface area contributed by atoms with Gasteiger partial charge in [-0.2, -0.15) is 13.2 Å². The standard InChI is InChI=1S/C22H27F3N2/c1-2-27-13-11-18(12-14-27)16-26-15-17-3-5-19(6-4-17)20-7-9-21(10-8-20)22(23,24)25/h3-10,18,26H,2,11-16H2,1H3. The number of nitrogens with zero attached hydrogens (tertiary/aromatic N) is 1. The van der Waals surface area contributed by atoms with Crippen LogP contribution in [0.4, 0.5) is 13.2 Å². The Morgan fingerprint density at radius 3 is 2.00 bits per heavy atom. The minimum absolute atomic E-state index is 0.614. The number of nitrogens with one attached hydrogen (secondary N) is 1. The normalized spacial score (nSPS) is 16.6. The second-order valence-electron chi connectivity index (χ2n) is 7.28. The summed E-state index contributed by atoms with van der Waals surface area (Å²) < 4.78 is 38.0. The molecular formula is C22H27F3N2. The molecule has 2 nitrogen and oxygen atoms in total. The molecule has 1 saturated heterocycles. The van der Waals surface area contributed by atoms with Gasteiger partial charge in [0.2, 0.25) is 0 Å². The lowest BCUT2D eigenvalue weighted by Gasteiger charge is -2.31. The molecule has 146 valence electrons. The van der Waals surface area contributed by atoms with Crippen LogP contribution in [0.3, 0.4) is 0 Å². The zero-order valence-corrected chi connectivity index (χ0v) is 15.7. The minimum Gasteiger partial charge on any atom is -0.312 e. The van der Waals surface area contributed by atoms with Gasteiger partial charge in [-0.3, -0.25) is 0 Å². The summed E-state index contributed by atoms with van der Waals surface area (Å²) in [6.45, 7) is 7.62. The molecule has 5 heteroatoms. The van der Waals surface area contributed by atoms with E-state index in [1.165, 1.54) is 43.6 Å². The van der Waals surface area contributed by atoms with Crippen molar-refractivity contribution >= 4 is 0 Å². The van der Waals surface area contributed by atoms with E-state index in [4.69, 9.17) is 0 Å². The van der Waals surface area contributed by atoms with E-state index < -0.39 is 11.7 Å². The molecule has 27 heavy (non-hydrogen) atoms. The van der Waals surface area contributed by atoms with Crippen LogP contribution in [-0.2, 0) is 12.7 Å². The van der Waals surface area contributed by atoms with Gasteiger partial charge >= 0.3 is 6.18 Å². The van der Waals surface area contributed by atoms with Crippen LogP contribution in [0.15, 0.2) is 48.5 Å². The fourth-order valence-electron chi connectivity index (χ4n) is 3.59. The van der Waals surface area contributed by atoms with E-state index >= 15 is 0 Å².